The van der Waals surface area contributed by atoms with Crippen LogP contribution in [-0.4, -0.2) is 5.33 Å². The van der Waals surface area contributed by atoms with Gasteiger partial charge in [0.05, 0.1) is 0 Å². The van der Waals surface area contributed by atoms with Crippen LogP contribution in [-0.2, 0) is 0 Å². The van der Waals surface area contributed by atoms with Gasteiger partial charge in [0.1, 0.15) is 0 Å². The second-order valence-electron chi connectivity index (χ2n) is 11.1. The summed E-state index contributed by atoms with van der Waals surface area (Å²) in [6.45, 7) is 4.61. The van der Waals surface area contributed by atoms with Crippen LogP contribution >= 0.6 is 15.9 Å². The van der Waals surface area contributed by atoms with Gasteiger partial charge in [0.25, 0.3) is 0 Å². The second kappa shape index (κ2) is 30.5. The zero-order valence-electron chi connectivity index (χ0n) is 23.5. The summed E-state index contributed by atoms with van der Waals surface area (Å²) in [5.41, 5.74) is 0. The molecule has 0 aliphatic carbocycles. The summed E-state index contributed by atoms with van der Waals surface area (Å²) >= 11 is 3.79. The summed E-state index contributed by atoms with van der Waals surface area (Å²) in [5, 5.41) is 1.23. The van der Waals surface area contributed by atoms with Gasteiger partial charge < -0.3 is 0 Å². The van der Waals surface area contributed by atoms with E-state index in [9.17, 15) is 0 Å². The molecular weight excluding hydrogens is 464 g/mol. The zero-order chi connectivity index (χ0) is 24.1. The highest BCUT2D eigenvalue weighted by Crippen LogP contribution is 2.21. The molecule has 0 spiro atoms. The van der Waals surface area contributed by atoms with E-state index >= 15 is 0 Å². The van der Waals surface area contributed by atoms with Crippen LogP contribution in [0.2, 0.25) is 0 Å². The van der Waals surface area contributed by atoms with Crippen LogP contribution < -0.4 is 0 Å². The highest BCUT2D eigenvalue weighted by Gasteiger charge is 2.06. The minimum Gasteiger partial charge on any atom is -0.0925 e. The molecule has 200 valence electrons. The smallest absolute Gasteiger partial charge is 0.00596 e. The minimum atomic E-state index is 0.936. The number of hydrogen-bond acceptors (Lipinski definition) is 0. The van der Waals surface area contributed by atoms with Crippen molar-refractivity contribution in [2.45, 2.75) is 194 Å². The number of unbranched alkanes of at least 4 members (excludes halogenated alkanes) is 24. The van der Waals surface area contributed by atoms with Crippen molar-refractivity contribution in [1.29, 1.82) is 0 Å². The molecule has 0 saturated carbocycles. The van der Waals surface area contributed by atoms with Gasteiger partial charge in [0, 0.05) is 5.33 Å². The van der Waals surface area contributed by atoms with E-state index < -0.39 is 0 Å². The van der Waals surface area contributed by atoms with Crippen molar-refractivity contribution in [3.8, 4) is 0 Å². The van der Waals surface area contributed by atoms with Crippen LogP contribution in [0.5, 0.6) is 0 Å². The van der Waals surface area contributed by atoms with Gasteiger partial charge in [-0.25, -0.2) is 0 Å². The Morgan fingerprint density at radius 2 is 0.545 bits per heavy atom. The van der Waals surface area contributed by atoms with Gasteiger partial charge in [-0.15, -0.1) is 0 Å². The molecule has 0 aliphatic rings. The third-order valence-electron chi connectivity index (χ3n) is 7.65. The van der Waals surface area contributed by atoms with E-state index in [4.69, 9.17) is 0 Å². The van der Waals surface area contributed by atoms with E-state index in [0.29, 0.717) is 0 Å². The molecule has 0 nitrogen and oxygen atoms in total. The first kappa shape index (κ1) is 33.5. The Morgan fingerprint density at radius 1 is 0.333 bits per heavy atom. The van der Waals surface area contributed by atoms with E-state index in [2.05, 4.69) is 29.8 Å². The van der Waals surface area contributed by atoms with Crippen molar-refractivity contribution in [2.75, 3.05) is 5.33 Å². The molecule has 0 saturated heterocycles. The van der Waals surface area contributed by atoms with Gasteiger partial charge in [-0.2, -0.15) is 0 Å². The third-order valence-corrected chi connectivity index (χ3v) is 8.57. The van der Waals surface area contributed by atoms with E-state index in [-0.39, 0.29) is 0 Å². The number of rotatable bonds is 29. The van der Waals surface area contributed by atoms with E-state index in [0.717, 1.165) is 5.92 Å². The lowest BCUT2D eigenvalue weighted by molar-refractivity contribution is 0.437. The average Bonchev–Trinajstić information content (AvgIpc) is 2.83. The van der Waals surface area contributed by atoms with Crippen molar-refractivity contribution >= 4 is 15.9 Å². The summed E-state index contributed by atoms with van der Waals surface area (Å²) in [5.74, 6) is 0.936. The fraction of sp³-hybridized carbons (Fsp3) is 1.00. The van der Waals surface area contributed by atoms with Crippen LogP contribution in [0.15, 0.2) is 0 Å². The number of hydrogen-bond donors (Lipinski definition) is 0. The molecule has 0 fully saturated rings. The highest BCUT2D eigenvalue weighted by atomic mass is 79.9. The van der Waals surface area contributed by atoms with Crippen molar-refractivity contribution < 1.29 is 0 Å². The van der Waals surface area contributed by atoms with Crippen LogP contribution in [0, 0.1) is 5.92 Å². The average molecular weight is 530 g/mol. The highest BCUT2D eigenvalue weighted by molar-refractivity contribution is 9.09. The van der Waals surface area contributed by atoms with E-state index in [1.54, 1.807) is 0 Å². The number of halogens is 1. The van der Waals surface area contributed by atoms with Crippen LogP contribution in [0.25, 0.3) is 0 Å². The molecule has 0 bridgehead atoms. The van der Waals surface area contributed by atoms with E-state index in [1.807, 2.05) is 0 Å². The molecule has 0 radical (unpaired) electrons. The maximum atomic E-state index is 3.79. The standard InChI is InChI=1S/C32H65Br/c1-3-5-7-9-11-13-15-17-18-20-22-24-26-28-30-32(31-33)29-27-25-23-21-19-16-14-12-10-8-6-4-2/h32H,3-31H2,1-2H3. The van der Waals surface area contributed by atoms with Gasteiger partial charge in [-0.05, 0) is 18.8 Å². The molecule has 0 N–H and O–H groups in total. The molecule has 0 aliphatic heterocycles. The topological polar surface area (TPSA) is 0 Å². The fourth-order valence-electron chi connectivity index (χ4n) is 5.20. The Kier molecular flexibility index (Phi) is 31.0. The van der Waals surface area contributed by atoms with Crippen molar-refractivity contribution in [2.24, 2.45) is 5.92 Å². The number of alkyl halides is 1. The molecule has 0 aromatic heterocycles. The monoisotopic (exact) mass is 528 g/mol. The molecule has 0 rings (SSSR count). The molecule has 0 heterocycles. The fourth-order valence-corrected chi connectivity index (χ4v) is 5.85. The SMILES string of the molecule is CCCCCCCCCCCCCCCCC(CBr)CCCCCCCCCCCCCC. The first-order valence-corrected chi connectivity index (χ1v) is 17.0. The van der Waals surface area contributed by atoms with Gasteiger partial charge >= 0.3 is 0 Å². The van der Waals surface area contributed by atoms with Gasteiger partial charge in [0.2, 0.25) is 0 Å². The summed E-state index contributed by atoms with van der Waals surface area (Å²) in [7, 11) is 0. The quantitative estimate of drug-likeness (QED) is 0.0667. The molecule has 0 aromatic rings. The Morgan fingerprint density at radius 3 is 0.758 bits per heavy atom. The first-order chi connectivity index (χ1) is 16.3. The largest absolute Gasteiger partial charge is 0.0925 e. The van der Waals surface area contributed by atoms with Crippen LogP contribution in [0.4, 0.5) is 0 Å². The first-order valence-electron chi connectivity index (χ1n) is 15.9. The maximum absolute atomic E-state index is 3.79. The summed E-state index contributed by atoms with van der Waals surface area (Å²) < 4.78 is 0. The molecule has 33 heavy (non-hydrogen) atoms. The van der Waals surface area contributed by atoms with Crippen molar-refractivity contribution in [3.63, 3.8) is 0 Å². The van der Waals surface area contributed by atoms with Crippen molar-refractivity contribution in [1.82, 2.24) is 0 Å². The molecule has 0 amide bonds. The maximum Gasteiger partial charge on any atom is 0.00596 e. The Balaban J connectivity index is 3.26. The van der Waals surface area contributed by atoms with E-state index in [1.165, 1.54) is 185 Å². The lowest BCUT2D eigenvalue weighted by Crippen LogP contribution is -2.02. The molecule has 0 aromatic carbocycles. The van der Waals surface area contributed by atoms with Gasteiger partial charge in [-0.1, -0.05) is 197 Å². The molecular formula is C32H65Br. The molecule has 1 unspecified atom stereocenters. The lowest BCUT2D eigenvalue weighted by atomic mass is 9.95. The van der Waals surface area contributed by atoms with Gasteiger partial charge in [0.15, 0.2) is 0 Å². The molecule has 1 atom stereocenters. The predicted molar refractivity (Wildman–Crippen MR) is 158 cm³/mol. The normalized spacial score (nSPS) is 12.5. The minimum absolute atomic E-state index is 0.936. The Hall–Kier alpha value is 0.480. The molecule has 1 heteroatoms. The second-order valence-corrected chi connectivity index (χ2v) is 11.7. The Bertz CT molecular complexity index is 326. The zero-order valence-corrected chi connectivity index (χ0v) is 25.0. The lowest BCUT2D eigenvalue weighted by Gasteiger charge is -2.13. The Labute approximate surface area is 220 Å². The summed E-state index contributed by atoms with van der Waals surface area (Å²) in [4.78, 5) is 0. The van der Waals surface area contributed by atoms with Crippen LogP contribution in [0.1, 0.15) is 194 Å². The summed E-state index contributed by atoms with van der Waals surface area (Å²) in [6, 6.07) is 0. The van der Waals surface area contributed by atoms with Crippen molar-refractivity contribution in [3.05, 3.63) is 0 Å². The van der Waals surface area contributed by atoms with Gasteiger partial charge in [-0.3, -0.25) is 0 Å². The summed E-state index contributed by atoms with van der Waals surface area (Å²) in [6.07, 6.45) is 41.0. The third kappa shape index (κ3) is 28.6. The van der Waals surface area contributed by atoms with Crippen LogP contribution in [0.3, 0.4) is 0 Å². The predicted octanol–water partition coefficient (Wildman–Crippen LogP) is 13.0.